The summed E-state index contributed by atoms with van der Waals surface area (Å²) >= 11 is 0. The van der Waals surface area contributed by atoms with Gasteiger partial charge in [0.1, 0.15) is 5.58 Å². The average molecular weight is 399 g/mol. The molecule has 2 atom stereocenters. The number of carbonyl (C=O) groups excluding carboxylic acids is 2. The lowest BCUT2D eigenvalue weighted by Gasteiger charge is -2.30. The maximum Gasteiger partial charge on any atom is 0.287 e. The molecule has 7 nitrogen and oxygen atoms in total. The van der Waals surface area contributed by atoms with Crippen LogP contribution < -0.4 is 10.6 Å². The molecule has 3 N–H and O–H groups in total. The Hall–Kier alpha value is -2.38. The van der Waals surface area contributed by atoms with Gasteiger partial charge in [0.25, 0.3) is 5.91 Å². The second kappa shape index (κ2) is 8.97. The normalized spacial score (nSPS) is 22.1. The fourth-order valence-electron chi connectivity index (χ4n) is 4.22. The van der Waals surface area contributed by atoms with Gasteiger partial charge in [-0.15, -0.1) is 0 Å². The van der Waals surface area contributed by atoms with Crippen LogP contribution in [-0.4, -0.2) is 60.1 Å². The van der Waals surface area contributed by atoms with Crippen molar-refractivity contribution in [1.82, 2.24) is 15.5 Å². The Morgan fingerprint density at radius 2 is 1.90 bits per heavy atom. The summed E-state index contributed by atoms with van der Waals surface area (Å²) < 4.78 is 5.66. The van der Waals surface area contributed by atoms with Crippen molar-refractivity contribution in [3.8, 4) is 0 Å². The Bertz CT molecular complexity index is 828. The first-order chi connectivity index (χ1) is 14.1. The number of hydrogen-bond acceptors (Lipinski definition) is 5. The Kier molecular flexibility index (Phi) is 6.16. The maximum absolute atomic E-state index is 12.6. The first-order valence-corrected chi connectivity index (χ1v) is 10.5. The molecular formula is C22H29N3O4. The molecule has 7 heteroatoms. The summed E-state index contributed by atoms with van der Waals surface area (Å²) in [7, 11) is 0. The number of furan rings is 1. The van der Waals surface area contributed by atoms with Crippen LogP contribution in [0.3, 0.4) is 0 Å². The van der Waals surface area contributed by atoms with E-state index in [1.54, 1.807) is 6.07 Å². The van der Waals surface area contributed by atoms with Gasteiger partial charge in [0, 0.05) is 43.5 Å². The Labute approximate surface area is 170 Å². The number of likely N-dealkylation sites (tertiary alicyclic amines) is 1. The minimum atomic E-state index is -0.197. The van der Waals surface area contributed by atoms with Crippen molar-refractivity contribution in [1.29, 1.82) is 0 Å². The van der Waals surface area contributed by atoms with Gasteiger partial charge in [0.15, 0.2) is 5.76 Å². The Balaban J connectivity index is 1.35. The van der Waals surface area contributed by atoms with Crippen LogP contribution in [-0.2, 0) is 4.79 Å². The zero-order valence-electron chi connectivity index (χ0n) is 16.6. The van der Waals surface area contributed by atoms with Crippen LogP contribution in [0.5, 0.6) is 0 Å². The van der Waals surface area contributed by atoms with Crippen LogP contribution in [0, 0.1) is 5.92 Å². The molecule has 156 valence electrons. The molecule has 1 aliphatic carbocycles. The van der Waals surface area contributed by atoms with Crippen molar-refractivity contribution in [3.05, 3.63) is 36.1 Å². The third-order valence-corrected chi connectivity index (χ3v) is 5.94. The van der Waals surface area contributed by atoms with E-state index in [0.717, 1.165) is 24.8 Å². The zero-order valence-corrected chi connectivity index (χ0v) is 16.6. The SMILES string of the molecule is O=C(C[C@H]1CC[C@@H](CNC(=O)c2cc3ccccc3o2)N1CC1CC1)NCCO. The van der Waals surface area contributed by atoms with E-state index in [0.29, 0.717) is 36.8 Å². The summed E-state index contributed by atoms with van der Waals surface area (Å²) in [6.07, 6.45) is 4.85. The number of carbonyl (C=O) groups is 2. The molecule has 1 aromatic carbocycles. The van der Waals surface area contributed by atoms with Crippen LogP contribution in [0.2, 0.25) is 0 Å². The molecule has 0 radical (unpaired) electrons. The average Bonchev–Trinajstić information content (AvgIpc) is 3.31. The quantitative estimate of drug-likeness (QED) is 0.599. The molecular weight excluding hydrogens is 370 g/mol. The number of aliphatic hydroxyl groups excluding tert-OH is 1. The number of nitrogens with zero attached hydrogens (tertiary/aromatic N) is 1. The molecule has 0 unspecified atom stereocenters. The highest BCUT2D eigenvalue weighted by molar-refractivity contribution is 5.96. The number of fused-ring (bicyclic) bond motifs is 1. The molecule has 2 aliphatic rings. The number of benzene rings is 1. The van der Waals surface area contributed by atoms with Crippen LogP contribution in [0.4, 0.5) is 0 Å². The maximum atomic E-state index is 12.6. The molecule has 1 saturated carbocycles. The minimum absolute atomic E-state index is 0.0168. The van der Waals surface area contributed by atoms with Crippen LogP contribution in [0.1, 0.15) is 42.7 Å². The highest BCUT2D eigenvalue weighted by atomic mass is 16.3. The van der Waals surface area contributed by atoms with Crippen molar-refractivity contribution in [2.75, 3.05) is 26.2 Å². The first-order valence-electron chi connectivity index (χ1n) is 10.5. The van der Waals surface area contributed by atoms with E-state index in [4.69, 9.17) is 9.52 Å². The molecule has 0 bridgehead atoms. The van der Waals surface area contributed by atoms with E-state index in [2.05, 4.69) is 15.5 Å². The van der Waals surface area contributed by atoms with Gasteiger partial charge in [-0.25, -0.2) is 0 Å². The van der Waals surface area contributed by atoms with Crippen molar-refractivity contribution in [2.24, 2.45) is 5.92 Å². The lowest BCUT2D eigenvalue weighted by molar-refractivity contribution is -0.122. The van der Waals surface area contributed by atoms with Crippen LogP contribution >= 0.6 is 0 Å². The Morgan fingerprint density at radius 3 is 2.66 bits per heavy atom. The minimum Gasteiger partial charge on any atom is -0.451 e. The lowest BCUT2D eigenvalue weighted by Crippen LogP contribution is -2.45. The van der Waals surface area contributed by atoms with Gasteiger partial charge in [-0.2, -0.15) is 0 Å². The monoisotopic (exact) mass is 399 g/mol. The topological polar surface area (TPSA) is 94.8 Å². The molecule has 4 rings (SSSR count). The summed E-state index contributed by atoms with van der Waals surface area (Å²) in [5.41, 5.74) is 0.711. The predicted molar refractivity (Wildman–Crippen MR) is 109 cm³/mol. The summed E-state index contributed by atoms with van der Waals surface area (Å²) in [6, 6.07) is 9.80. The van der Waals surface area contributed by atoms with Crippen molar-refractivity contribution in [3.63, 3.8) is 0 Å². The summed E-state index contributed by atoms with van der Waals surface area (Å²) in [5.74, 6) is 0.830. The van der Waals surface area contributed by atoms with E-state index in [-0.39, 0.29) is 30.5 Å². The van der Waals surface area contributed by atoms with Crippen LogP contribution in [0.15, 0.2) is 34.7 Å². The fourth-order valence-corrected chi connectivity index (χ4v) is 4.22. The van der Waals surface area contributed by atoms with Gasteiger partial charge in [-0.1, -0.05) is 18.2 Å². The number of rotatable bonds is 9. The van der Waals surface area contributed by atoms with Crippen LogP contribution in [0.25, 0.3) is 11.0 Å². The standard InChI is InChI=1S/C22H29N3O4/c26-10-9-23-21(27)12-17-7-8-18(25(17)14-15-5-6-15)13-24-22(28)20-11-16-3-1-2-4-19(16)29-20/h1-4,11,15,17-18,26H,5-10,12-14H2,(H,23,27)(H,24,28)/t17-,18+/m1/s1. The second-order valence-corrected chi connectivity index (χ2v) is 8.16. The number of para-hydroxylation sites is 1. The van der Waals surface area contributed by atoms with Gasteiger partial charge < -0.3 is 20.2 Å². The summed E-state index contributed by atoms with van der Waals surface area (Å²) in [5, 5.41) is 15.6. The Morgan fingerprint density at radius 1 is 1.10 bits per heavy atom. The first kappa shape index (κ1) is 19.9. The third-order valence-electron chi connectivity index (χ3n) is 5.94. The molecule has 1 aromatic heterocycles. The summed E-state index contributed by atoms with van der Waals surface area (Å²) in [4.78, 5) is 27.1. The zero-order chi connectivity index (χ0) is 20.2. The molecule has 1 saturated heterocycles. The number of hydrogen-bond donors (Lipinski definition) is 3. The second-order valence-electron chi connectivity index (χ2n) is 8.16. The smallest absolute Gasteiger partial charge is 0.287 e. The number of amides is 2. The van der Waals surface area contributed by atoms with Gasteiger partial charge in [-0.05, 0) is 43.7 Å². The van der Waals surface area contributed by atoms with Crippen molar-refractivity contribution >= 4 is 22.8 Å². The van der Waals surface area contributed by atoms with Crippen molar-refractivity contribution in [2.45, 2.75) is 44.2 Å². The largest absolute Gasteiger partial charge is 0.451 e. The van der Waals surface area contributed by atoms with E-state index in [9.17, 15) is 9.59 Å². The van der Waals surface area contributed by atoms with E-state index >= 15 is 0 Å². The van der Waals surface area contributed by atoms with Gasteiger partial charge in [0.05, 0.1) is 6.61 Å². The molecule has 2 aromatic rings. The highest BCUT2D eigenvalue weighted by Gasteiger charge is 2.38. The molecule has 1 aliphatic heterocycles. The fraction of sp³-hybridized carbons (Fsp3) is 0.545. The van der Waals surface area contributed by atoms with Gasteiger partial charge in [0.2, 0.25) is 5.91 Å². The highest BCUT2D eigenvalue weighted by Crippen LogP contribution is 2.35. The summed E-state index contributed by atoms with van der Waals surface area (Å²) in [6.45, 7) is 1.80. The van der Waals surface area contributed by atoms with E-state index in [1.807, 2.05) is 24.3 Å². The molecule has 0 spiro atoms. The van der Waals surface area contributed by atoms with E-state index < -0.39 is 0 Å². The number of nitrogens with one attached hydrogen (secondary N) is 2. The van der Waals surface area contributed by atoms with Gasteiger partial charge in [-0.3, -0.25) is 14.5 Å². The third kappa shape index (κ3) is 4.97. The predicted octanol–water partition coefficient (Wildman–Crippen LogP) is 1.90. The number of aliphatic hydroxyl groups is 1. The van der Waals surface area contributed by atoms with Gasteiger partial charge >= 0.3 is 0 Å². The molecule has 2 fully saturated rings. The molecule has 2 amide bonds. The molecule has 29 heavy (non-hydrogen) atoms. The van der Waals surface area contributed by atoms with E-state index in [1.165, 1.54) is 12.8 Å². The van der Waals surface area contributed by atoms with Crippen molar-refractivity contribution < 1.29 is 19.1 Å². The lowest BCUT2D eigenvalue weighted by atomic mass is 10.1. The molecule has 2 heterocycles.